The van der Waals surface area contributed by atoms with Gasteiger partial charge in [0, 0.05) is 36.3 Å². The van der Waals surface area contributed by atoms with Crippen molar-refractivity contribution in [3.05, 3.63) is 88.3 Å². The van der Waals surface area contributed by atoms with Gasteiger partial charge in [0.15, 0.2) is 6.61 Å². The summed E-state index contributed by atoms with van der Waals surface area (Å²) in [7, 11) is -3.70. The molecule has 228 valence electrons. The molecule has 9 heteroatoms. The number of nitrogens with one attached hydrogen (secondary N) is 1. The lowest BCUT2D eigenvalue weighted by atomic mass is 9.98. The number of carbonyl (C=O) groups is 1. The first-order valence-electron chi connectivity index (χ1n) is 14.9. The number of ether oxygens (including phenoxy) is 1. The van der Waals surface area contributed by atoms with Crippen LogP contribution < -0.4 is 15.7 Å². The molecule has 43 heavy (non-hydrogen) atoms. The third-order valence-corrected chi connectivity index (χ3v) is 9.66. The van der Waals surface area contributed by atoms with E-state index in [2.05, 4.69) is 12.2 Å². The molecule has 1 N–H and O–H groups in total. The van der Waals surface area contributed by atoms with E-state index in [1.165, 1.54) is 16.4 Å². The minimum absolute atomic E-state index is 0.156. The highest BCUT2D eigenvalue weighted by Crippen LogP contribution is 2.33. The molecule has 0 aliphatic carbocycles. The van der Waals surface area contributed by atoms with Crippen LogP contribution in [0.25, 0.3) is 22.1 Å². The van der Waals surface area contributed by atoms with Gasteiger partial charge in [0.05, 0.1) is 4.90 Å². The van der Waals surface area contributed by atoms with Crippen molar-refractivity contribution in [3.63, 3.8) is 0 Å². The SMILES string of the molecule is CCCCCCc1cc2c(-c3ccccc3)cc(=O)oc2cc1OCC(=O)Nc1ccc(C)c(S(=O)(=O)N(CC)CC)c1. The second-order valence-corrected chi connectivity index (χ2v) is 12.4. The quantitative estimate of drug-likeness (QED) is 0.123. The first-order chi connectivity index (χ1) is 20.7. The highest BCUT2D eigenvalue weighted by molar-refractivity contribution is 7.89. The van der Waals surface area contributed by atoms with Gasteiger partial charge in [0.2, 0.25) is 10.0 Å². The maximum Gasteiger partial charge on any atom is 0.336 e. The van der Waals surface area contributed by atoms with Crippen LogP contribution in [0.2, 0.25) is 0 Å². The Kier molecular flexibility index (Phi) is 10.8. The fraction of sp³-hybridized carbons (Fsp3) is 0.353. The average molecular weight is 605 g/mol. The molecule has 1 heterocycles. The largest absolute Gasteiger partial charge is 0.483 e. The zero-order chi connectivity index (χ0) is 31.0. The summed E-state index contributed by atoms with van der Waals surface area (Å²) in [4.78, 5) is 25.6. The summed E-state index contributed by atoms with van der Waals surface area (Å²) in [5.41, 5.74) is 3.48. The Balaban J connectivity index is 1.60. The third kappa shape index (κ3) is 7.72. The third-order valence-electron chi connectivity index (χ3n) is 7.46. The Morgan fingerprint density at radius 1 is 0.930 bits per heavy atom. The summed E-state index contributed by atoms with van der Waals surface area (Å²) in [6.45, 7) is 7.87. The van der Waals surface area contributed by atoms with Crippen molar-refractivity contribution in [2.24, 2.45) is 0 Å². The highest BCUT2D eigenvalue weighted by Gasteiger charge is 2.24. The van der Waals surface area contributed by atoms with Crippen LogP contribution in [0.3, 0.4) is 0 Å². The number of aryl methyl sites for hydroxylation is 2. The molecular formula is C34H40N2O6S. The van der Waals surface area contributed by atoms with E-state index in [1.54, 1.807) is 39.0 Å². The number of nitrogens with zero attached hydrogens (tertiary/aromatic N) is 1. The van der Waals surface area contributed by atoms with Gasteiger partial charge in [0.1, 0.15) is 11.3 Å². The van der Waals surface area contributed by atoms with Crippen LogP contribution in [0.5, 0.6) is 5.75 Å². The predicted molar refractivity (Wildman–Crippen MR) is 171 cm³/mol. The van der Waals surface area contributed by atoms with E-state index in [0.29, 0.717) is 35.7 Å². The van der Waals surface area contributed by atoms with Crippen LogP contribution in [-0.4, -0.2) is 38.3 Å². The number of anilines is 1. The normalized spacial score (nSPS) is 11.7. The summed E-state index contributed by atoms with van der Waals surface area (Å²) in [5, 5.41) is 3.56. The number of fused-ring (bicyclic) bond motifs is 1. The van der Waals surface area contributed by atoms with Crippen LogP contribution in [0.1, 0.15) is 57.6 Å². The Labute approximate surface area is 253 Å². The molecular weight excluding hydrogens is 564 g/mol. The molecule has 0 spiro atoms. The number of rotatable bonds is 14. The maximum atomic E-state index is 13.1. The molecule has 0 unspecified atom stereocenters. The van der Waals surface area contributed by atoms with Gasteiger partial charge in [0.25, 0.3) is 5.91 Å². The number of hydrogen-bond donors (Lipinski definition) is 1. The van der Waals surface area contributed by atoms with Crippen LogP contribution in [0.15, 0.2) is 80.8 Å². The van der Waals surface area contributed by atoms with E-state index >= 15 is 0 Å². The van der Waals surface area contributed by atoms with Gasteiger partial charge in [-0.1, -0.05) is 76.4 Å². The molecule has 4 aromatic rings. The van der Waals surface area contributed by atoms with Crippen molar-refractivity contribution in [3.8, 4) is 16.9 Å². The fourth-order valence-electron chi connectivity index (χ4n) is 5.16. The Morgan fingerprint density at radius 3 is 2.37 bits per heavy atom. The molecule has 1 amide bonds. The summed E-state index contributed by atoms with van der Waals surface area (Å²) in [6, 6.07) is 19.7. The minimum atomic E-state index is -3.70. The molecule has 0 saturated heterocycles. The fourth-order valence-corrected chi connectivity index (χ4v) is 6.87. The lowest BCUT2D eigenvalue weighted by molar-refractivity contribution is -0.118. The van der Waals surface area contributed by atoms with Gasteiger partial charge >= 0.3 is 5.63 Å². The van der Waals surface area contributed by atoms with Crippen LogP contribution in [0, 0.1) is 6.92 Å². The van der Waals surface area contributed by atoms with Gasteiger partial charge in [-0.05, 0) is 60.2 Å². The molecule has 0 saturated carbocycles. The molecule has 0 fully saturated rings. The van der Waals surface area contributed by atoms with E-state index in [4.69, 9.17) is 9.15 Å². The van der Waals surface area contributed by atoms with Crippen molar-refractivity contribution >= 4 is 32.6 Å². The average Bonchev–Trinajstić information content (AvgIpc) is 2.99. The van der Waals surface area contributed by atoms with Gasteiger partial charge in [-0.3, -0.25) is 4.79 Å². The first kappa shape index (κ1) is 32.0. The van der Waals surface area contributed by atoms with Crippen molar-refractivity contribution in [1.29, 1.82) is 0 Å². The van der Waals surface area contributed by atoms with Crippen molar-refractivity contribution in [2.75, 3.05) is 25.0 Å². The molecule has 0 radical (unpaired) electrons. The molecule has 0 atom stereocenters. The van der Waals surface area contributed by atoms with Crippen LogP contribution in [-0.2, 0) is 21.2 Å². The predicted octanol–water partition coefficient (Wildman–Crippen LogP) is 6.94. The number of hydrogen-bond acceptors (Lipinski definition) is 6. The lowest BCUT2D eigenvalue weighted by Crippen LogP contribution is -2.31. The summed E-state index contributed by atoms with van der Waals surface area (Å²) < 4.78 is 39.2. The number of sulfonamides is 1. The maximum absolute atomic E-state index is 13.1. The van der Waals surface area contributed by atoms with Crippen LogP contribution >= 0.6 is 0 Å². The standard InChI is InChI=1S/C34H40N2O6S/c1-5-8-9-11-16-26-19-29-28(25-14-12-10-13-15-25)21-34(38)42-31(29)22-30(26)41-23-33(37)35-27-18-17-24(4)32(20-27)43(39,40)36(6-2)7-3/h10,12-15,17-22H,5-9,11,16,23H2,1-4H3,(H,35,37). The van der Waals surface area contributed by atoms with Crippen LogP contribution in [0.4, 0.5) is 5.69 Å². The Morgan fingerprint density at radius 2 is 1.67 bits per heavy atom. The van der Waals surface area contributed by atoms with Gasteiger partial charge in [-0.2, -0.15) is 4.31 Å². The Hall–Kier alpha value is -3.95. The summed E-state index contributed by atoms with van der Waals surface area (Å²) in [5.74, 6) is 0.0350. The van der Waals surface area contributed by atoms with E-state index in [-0.39, 0.29) is 11.5 Å². The zero-order valence-corrected chi connectivity index (χ0v) is 26.1. The van der Waals surface area contributed by atoms with Gasteiger partial charge in [-0.15, -0.1) is 0 Å². The zero-order valence-electron chi connectivity index (χ0n) is 25.3. The summed E-state index contributed by atoms with van der Waals surface area (Å²) >= 11 is 0. The topological polar surface area (TPSA) is 106 Å². The summed E-state index contributed by atoms with van der Waals surface area (Å²) in [6.07, 6.45) is 4.99. The molecule has 0 aliphatic rings. The van der Waals surface area contributed by atoms with Crippen molar-refractivity contribution in [2.45, 2.75) is 64.7 Å². The smallest absolute Gasteiger partial charge is 0.336 e. The molecule has 0 aliphatic heterocycles. The molecule has 1 aromatic heterocycles. The van der Waals surface area contributed by atoms with E-state index in [0.717, 1.165) is 54.2 Å². The van der Waals surface area contributed by atoms with Gasteiger partial charge < -0.3 is 14.5 Å². The van der Waals surface area contributed by atoms with Gasteiger partial charge in [-0.25, -0.2) is 13.2 Å². The minimum Gasteiger partial charge on any atom is -0.483 e. The second kappa shape index (κ2) is 14.5. The monoisotopic (exact) mass is 604 g/mol. The van der Waals surface area contributed by atoms with E-state index < -0.39 is 21.6 Å². The number of amides is 1. The molecule has 3 aromatic carbocycles. The highest BCUT2D eigenvalue weighted by atomic mass is 32.2. The van der Waals surface area contributed by atoms with Crippen molar-refractivity contribution in [1.82, 2.24) is 4.31 Å². The number of carbonyl (C=O) groups excluding carboxylic acids is 1. The van der Waals surface area contributed by atoms with E-state index in [9.17, 15) is 18.0 Å². The first-order valence-corrected chi connectivity index (χ1v) is 16.3. The Bertz CT molecular complexity index is 1730. The number of unbranched alkanes of at least 4 members (excludes halogenated alkanes) is 3. The van der Waals surface area contributed by atoms with Crippen molar-refractivity contribution < 1.29 is 22.4 Å². The molecule has 8 nitrogen and oxygen atoms in total. The second-order valence-electron chi connectivity index (χ2n) is 10.5. The molecule has 0 bridgehead atoms. The number of benzene rings is 3. The molecule has 4 rings (SSSR count). The van der Waals surface area contributed by atoms with E-state index in [1.807, 2.05) is 36.4 Å². The lowest BCUT2D eigenvalue weighted by Gasteiger charge is -2.20.